The van der Waals surface area contributed by atoms with Crippen LogP contribution in [-0.2, 0) is 10.3 Å². The van der Waals surface area contributed by atoms with Gasteiger partial charge in [-0.1, -0.05) is 18.9 Å². The van der Waals surface area contributed by atoms with Crippen molar-refractivity contribution in [3.63, 3.8) is 0 Å². The SMILES string of the molecule is CCOC1CC(CCNC(=O)NC2(c3ccc4c(c3)OCCO4)CCCC2)C1. The second-order valence-electron chi connectivity index (χ2n) is 8.23. The molecule has 2 saturated carbocycles. The summed E-state index contributed by atoms with van der Waals surface area (Å²) in [7, 11) is 0. The Morgan fingerprint density at radius 3 is 2.68 bits per heavy atom. The van der Waals surface area contributed by atoms with Gasteiger partial charge in [0.15, 0.2) is 11.5 Å². The van der Waals surface area contributed by atoms with Gasteiger partial charge in [-0.25, -0.2) is 4.79 Å². The number of nitrogens with one attached hydrogen (secondary N) is 2. The standard InChI is InChI=1S/C22H32N2O4/c1-2-26-18-13-16(14-18)7-10-23-21(25)24-22(8-3-4-9-22)17-5-6-19-20(15-17)28-12-11-27-19/h5-6,15-16,18H,2-4,7-14H2,1H3,(H2,23,24,25). The molecule has 2 aliphatic carbocycles. The fourth-order valence-electron chi connectivity index (χ4n) is 4.74. The molecule has 6 heteroatoms. The number of hydrogen-bond donors (Lipinski definition) is 2. The maximum absolute atomic E-state index is 12.6. The summed E-state index contributed by atoms with van der Waals surface area (Å²) in [6, 6.07) is 6.01. The second-order valence-corrected chi connectivity index (χ2v) is 8.23. The zero-order chi connectivity index (χ0) is 19.4. The Labute approximate surface area is 167 Å². The summed E-state index contributed by atoms with van der Waals surface area (Å²) in [6.07, 6.45) is 7.86. The van der Waals surface area contributed by atoms with Crippen LogP contribution in [0.15, 0.2) is 18.2 Å². The van der Waals surface area contributed by atoms with Gasteiger partial charge in [0.1, 0.15) is 13.2 Å². The van der Waals surface area contributed by atoms with E-state index in [-0.39, 0.29) is 11.6 Å². The van der Waals surface area contributed by atoms with Gasteiger partial charge in [0.25, 0.3) is 0 Å². The van der Waals surface area contributed by atoms with Crippen molar-refractivity contribution < 1.29 is 19.0 Å². The minimum Gasteiger partial charge on any atom is -0.486 e. The van der Waals surface area contributed by atoms with Crippen LogP contribution in [0.4, 0.5) is 4.79 Å². The third kappa shape index (κ3) is 4.22. The topological polar surface area (TPSA) is 68.8 Å². The van der Waals surface area contributed by atoms with E-state index >= 15 is 0 Å². The molecule has 2 amide bonds. The Kier molecular flexibility index (Phi) is 5.95. The molecule has 154 valence electrons. The number of urea groups is 1. The van der Waals surface area contributed by atoms with Crippen molar-refractivity contribution in [1.82, 2.24) is 10.6 Å². The lowest BCUT2D eigenvalue weighted by Crippen LogP contribution is -2.49. The first kappa shape index (κ1) is 19.4. The van der Waals surface area contributed by atoms with Crippen molar-refractivity contribution in [2.24, 2.45) is 5.92 Å². The van der Waals surface area contributed by atoms with Crippen molar-refractivity contribution >= 4 is 6.03 Å². The molecule has 0 aromatic heterocycles. The second kappa shape index (κ2) is 8.60. The van der Waals surface area contributed by atoms with Crippen LogP contribution >= 0.6 is 0 Å². The van der Waals surface area contributed by atoms with E-state index in [1.807, 2.05) is 19.1 Å². The van der Waals surface area contributed by atoms with Gasteiger partial charge in [-0.05, 0) is 62.6 Å². The molecule has 2 fully saturated rings. The molecule has 0 saturated heterocycles. The van der Waals surface area contributed by atoms with E-state index in [9.17, 15) is 4.79 Å². The smallest absolute Gasteiger partial charge is 0.315 e. The number of amides is 2. The van der Waals surface area contributed by atoms with E-state index < -0.39 is 0 Å². The Balaban J connectivity index is 1.31. The zero-order valence-corrected chi connectivity index (χ0v) is 16.8. The summed E-state index contributed by atoms with van der Waals surface area (Å²) >= 11 is 0. The van der Waals surface area contributed by atoms with E-state index in [2.05, 4.69) is 16.7 Å². The average molecular weight is 389 g/mol. The van der Waals surface area contributed by atoms with E-state index in [1.165, 1.54) is 0 Å². The van der Waals surface area contributed by atoms with Crippen molar-refractivity contribution in [3.8, 4) is 11.5 Å². The molecule has 28 heavy (non-hydrogen) atoms. The average Bonchev–Trinajstić information content (AvgIpc) is 3.15. The highest BCUT2D eigenvalue weighted by Gasteiger charge is 2.38. The number of rotatable bonds is 7. The molecule has 3 aliphatic rings. The Bertz CT molecular complexity index is 681. The molecule has 6 nitrogen and oxygen atoms in total. The fraction of sp³-hybridized carbons (Fsp3) is 0.682. The van der Waals surface area contributed by atoms with Crippen molar-refractivity contribution in [1.29, 1.82) is 0 Å². The predicted molar refractivity (Wildman–Crippen MR) is 107 cm³/mol. The van der Waals surface area contributed by atoms with Gasteiger partial charge >= 0.3 is 6.03 Å². The van der Waals surface area contributed by atoms with Crippen LogP contribution in [0.1, 0.15) is 57.4 Å². The van der Waals surface area contributed by atoms with Crippen LogP contribution in [0.5, 0.6) is 11.5 Å². The number of hydrogen-bond acceptors (Lipinski definition) is 4. The fourth-order valence-corrected chi connectivity index (χ4v) is 4.74. The molecule has 2 N–H and O–H groups in total. The summed E-state index contributed by atoms with van der Waals surface area (Å²) in [4.78, 5) is 12.6. The first-order chi connectivity index (χ1) is 13.7. The molecule has 1 aromatic carbocycles. The molecule has 0 unspecified atom stereocenters. The largest absolute Gasteiger partial charge is 0.486 e. The van der Waals surface area contributed by atoms with Gasteiger partial charge in [0.05, 0.1) is 11.6 Å². The summed E-state index contributed by atoms with van der Waals surface area (Å²) in [6.45, 7) is 4.71. The van der Waals surface area contributed by atoms with Crippen LogP contribution in [0.2, 0.25) is 0 Å². The molecule has 0 bridgehead atoms. The van der Waals surface area contributed by atoms with Crippen LogP contribution in [0.25, 0.3) is 0 Å². The van der Waals surface area contributed by atoms with Gasteiger partial charge in [-0.2, -0.15) is 0 Å². The first-order valence-corrected chi connectivity index (χ1v) is 10.8. The summed E-state index contributed by atoms with van der Waals surface area (Å²) < 4.78 is 17.0. The third-order valence-corrected chi connectivity index (χ3v) is 6.34. The van der Waals surface area contributed by atoms with Gasteiger partial charge in [0.2, 0.25) is 0 Å². The van der Waals surface area contributed by atoms with Crippen molar-refractivity contribution in [2.45, 2.75) is 63.5 Å². The number of ether oxygens (including phenoxy) is 3. The van der Waals surface area contributed by atoms with Crippen LogP contribution in [0, 0.1) is 5.92 Å². The summed E-state index contributed by atoms with van der Waals surface area (Å²) in [5.74, 6) is 2.25. The van der Waals surface area contributed by atoms with Crippen molar-refractivity contribution in [2.75, 3.05) is 26.4 Å². The highest BCUT2D eigenvalue weighted by molar-refractivity contribution is 5.75. The van der Waals surface area contributed by atoms with Gasteiger partial charge < -0.3 is 24.8 Å². The minimum atomic E-state index is -0.309. The lowest BCUT2D eigenvalue weighted by atomic mass is 9.80. The molecule has 1 aromatic rings. The first-order valence-electron chi connectivity index (χ1n) is 10.8. The number of benzene rings is 1. The Hall–Kier alpha value is -1.95. The normalized spacial score (nSPS) is 25.0. The van der Waals surface area contributed by atoms with E-state index in [1.54, 1.807) is 0 Å². The molecule has 0 radical (unpaired) electrons. The van der Waals surface area contributed by atoms with E-state index in [0.717, 1.165) is 68.6 Å². The maximum Gasteiger partial charge on any atom is 0.315 e. The molecular formula is C22H32N2O4. The Morgan fingerprint density at radius 2 is 1.93 bits per heavy atom. The molecule has 1 heterocycles. The van der Waals surface area contributed by atoms with Crippen LogP contribution in [-0.4, -0.2) is 38.5 Å². The van der Waals surface area contributed by atoms with Gasteiger partial charge in [0, 0.05) is 13.2 Å². The van der Waals surface area contributed by atoms with Gasteiger partial charge in [-0.15, -0.1) is 0 Å². The highest BCUT2D eigenvalue weighted by Crippen LogP contribution is 2.42. The molecule has 1 aliphatic heterocycles. The van der Waals surface area contributed by atoms with Crippen LogP contribution in [0.3, 0.4) is 0 Å². The maximum atomic E-state index is 12.6. The van der Waals surface area contributed by atoms with Crippen LogP contribution < -0.4 is 20.1 Å². The monoisotopic (exact) mass is 388 g/mol. The molecule has 4 rings (SSSR count). The molecule has 0 atom stereocenters. The molecular weight excluding hydrogens is 356 g/mol. The van der Waals surface area contributed by atoms with Crippen molar-refractivity contribution in [3.05, 3.63) is 23.8 Å². The number of carbonyl (C=O) groups is 1. The number of carbonyl (C=O) groups excluding carboxylic acids is 1. The van der Waals surface area contributed by atoms with E-state index in [0.29, 0.717) is 31.8 Å². The summed E-state index contributed by atoms with van der Waals surface area (Å²) in [5, 5.41) is 6.35. The predicted octanol–water partition coefficient (Wildman–Crippen LogP) is 3.73. The lowest BCUT2D eigenvalue weighted by molar-refractivity contribution is -0.0261. The quantitative estimate of drug-likeness (QED) is 0.747. The van der Waals surface area contributed by atoms with Gasteiger partial charge in [-0.3, -0.25) is 0 Å². The third-order valence-electron chi connectivity index (χ3n) is 6.34. The van der Waals surface area contributed by atoms with E-state index in [4.69, 9.17) is 14.2 Å². The highest BCUT2D eigenvalue weighted by atomic mass is 16.6. The number of fused-ring (bicyclic) bond motifs is 1. The lowest BCUT2D eigenvalue weighted by Gasteiger charge is -2.35. The minimum absolute atomic E-state index is 0.0718. The summed E-state index contributed by atoms with van der Waals surface area (Å²) in [5.41, 5.74) is 0.805. The Morgan fingerprint density at radius 1 is 1.18 bits per heavy atom. The molecule has 0 spiro atoms. The zero-order valence-electron chi connectivity index (χ0n) is 16.8.